The van der Waals surface area contributed by atoms with Crippen molar-refractivity contribution >= 4 is 29.5 Å². The zero-order valence-corrected chi connectivity index (χ0v) is 48.0. The number of aromatic nitrogens is 1. The summed E-state index contributed by atoms with van der Waals surface area (Å²) in [7, 11) is 2.15. The maximum atomic E-state index is 4.88. The van der Waals surface area contributed by atoms with Crippen LogP contribution in [0.5, 0.6) is 0 Å². The van der Waals surface area contributed by atoms with E-state index in [1.54, 1.807) is 0 Å². The fraction of sp³-hybridized carbons (Fsp3) is 0.189. The summed E-state index contributed by atoms with van der Waals surface area (Å²) in [6, 6.07) is 8.78. The number of hydrogen-bond donors (Lipinski definition) is 0. The minimum atomic E-state index is 0.744. The maximum absolute atomic E-state index is 4.88. The summed E-state index contributed by atoms with van der Waals surface area (Å²) in [5.74, 6) is 0.916. The molecule has 3 heterocycles. The summed E-state index contributed by atoms with van der Waals surface area (Å²) in [5.41, 5.74) is 25.3. The van der Waals surface area contributed by atoms with Crippen LogP contribution in [-0.4, -0.2) is 21.4 Å². The van der Waals surface area contributed by atoms with E-state index in [1.165, 1.54) is 66.9 Å². The van der Waals surface area contributed by atoms with E-state index in [9.17, 15) is 0 Å². The predicted octanol–water partition coefficient (Wildman–Crippen LogP) is 20.3. The molecular formula is C74H81N3. The molecule has 1 aromatic carbocycles. The Bertz CT molecular complexity index is 3390. The third kappa shape index (κ3) is 13.2. The highest BCUT2D eigenvalue weighted by Gasteiger charge is 2.34. The Morgan fingerprint density at radius 3 is 2.09 bits per heavy atom. The van der Waals surface area contributed by atoms with E-state index >= 15 is 0 Å². The molecule has 0 N–H and O–H groups in total. The average Bonchev–Trinajstić information content (AvgIpc) is 3.86. The van der Waals surface area contributed by atoms with Gasteiger partial charge in [0.15, 0.2) is 0 Å². The van der Waals surface area contributed by atoms with Gasteiger partial charge in [-0.15, -0.1) is 0 Å². The van der Waals surface area contributed by atoms with Crippen molar-refractivity contribution < 1.29 is 0 Å². The van der Waals surface area contributed by atoms with Gasteiger partial charge in [0.2, 0.25) is 0 Å². The average molecular weight is 1010 g/mol. The van der Waals surface area contributed by atoms with Crippen LogP contribution >= 0.6 is 0 Å². The molecule has 77 heavy (non-hydrogen) atoms. The highest BCUT2D eigenvalue weighted by molar-refractivity contribution is 5.89. The summed E-state index contributed by atoms with van der Waals surface area (Å²) in [4.78, 5) is 4.47. The zero-order chi connectivity index (χ0) is 55.9. The number of nitrogens with zero attached hydrogens (tertiary/aromatic N) is 3. The smallest absolute Gasteiger partial charge is 0.120 e. The Labute approximate surface area is 464 Å². The first-order valence-electron chi connectivity index (χ1n) is 26.9. The van der Waals surface area contributed by atoms with Crippen LogP contribution < -0.4 is 0 Å². The van der Waals surface area contributed by atoms with Crippen LogP contribution in [-0.2, 0) is 0 Å². The van der Waals surface area contributed by atoms with Gasteiger partial charge >= 0.3 is 0 Å². The van der Waals surface area contributed by atoms with Crippen molar-refractivity contribution in [2.45, 2.75) is 88.5 Å². The maximum Gasteiger partial charge on any atom is 0.120 e. The van der Waals surface area contributed by atoms with Crippen LogP contribution in [0.1, 0.15) is 108 Å². The molecule has 1 fully saturated rings. The topological polar surface area (TPSA) is 11.4 Å². The van der Waals surface area contributed by atoms with Gasteiger partial charge in [0.05, 0.1) is 17.1 Å². The molecular weight excluding hydrogens is 931 g/mol. The standard InChI is InChI=1S/C74H81N3/c1-18-22-27-39-62-47-63-40-33-34-43-68(63)71-49-73-61(16)77(55(10)37-29-25-26-30-44-69(71)67(35-21-4)58(62)13)74(75(73)17)50-72-59(14)70(60(15)76(72)54(9)38-32-31-36-52(7)51(5)6)48-64-46-45-53(8)65(42-28-23-19-2)56(11)57(12)66(64)41-24-20-3/h18-29,31-43,45,47-50H,3,5,7,9-10,16,30,44,46H2,1-2,4,6,8,11-15,17H3/b22-18-,23-19-,26-25-,35-21-,36-31-,37-29-,38-32-,39-27-,41-24-,42-28-,53-45-,62-47-,62-58?,63-47?,64-48?,65-56-,66-57-,67-58-,69-67?,71-68?,71-69-,73-49+,74-50+. The van der Waals surface area contributed by atoms with Crippen molar-refractivity contribution in [2.24, 2.45) is 0 Å². The van der Waals surface area contributed by atoms with Crippen LogP contribution in [0.4, 0.5) is 0 Å². The molecule has 0 saturated carbocycles. The van der Waals surface area contributed by atoms with Crippen LogP contribution in [0.15, 0.2) is 293 Å². The van der Waals surface area contributed by atoms with E-state index < -0.39 is 0 Å². The fourth-order valence-corrected chi connectivity index (χ4v) is 10.2. The Hall–Kier alpha value is -8.40. The van der Waals surface area contributed by atoms with Gasteiger partial charge in [-0.2, -0.15) is 0 Å². The lowest BCUT2D eigenvalue weighted by molar-refractivity contribution is 0.472. The monoisotopic (exact) mass is 1010 g/mol. The second kappa shape index (κ2) is 26.9. The van der Waals surface area contributed by atoms with Crippen molar-refractivity contribution in [3.05, 3.63) is 327 Å². The summed E-state index contributed by atoms with van der Waals surface area (Å²) < 4.78 is 2.29. The molecule has 0 atom stereocenters. The minimum Gasteiger partial charge on any atom is -0.329 e. The molecule has 392 valence electrons. The lowest BCUT2D eigenvalue weighted by Gasteiger charge is -2.24. The summed E-state index contributed by atoms with van der Waals surface area (Å²) >= 11 is 0. The number of allylic oxidation sites excluding steroid dienone is 37. The van der Waals surface area contributed by atoms with Gasteiger partial charge < -0.3 is 9.47 Å². The molecule has 0 spiro atoms. The quantitative estimate of drug-likeness (QED) is 0.175. The van der Waals surface area contributed by atoms with Gasteiger partial charge in [-0.1, -0.05) is 191 Å². The van der Waals surface area contributed by atoms with Gasteiger partial charge in [0.25, 0.3) is 0 Å². The van der Waals surface area contributed by atoms with Crippen LogP contribution in [0, 0.1) is 13.8 Å². The lowest BCUT2D eigenvalue weighted by Crippen LogP contribution is -2.18. The molecule has 6 rings (SSSR count). The number of rotatable bonds is 14. The van der Waals surface area contributed by atoms with Gasteiger partial charge in [-0.05, 0) is 208 Å². The Kier molecular flexibility index (Phi) is 20.2. The molecule has 2 aliphatic carbocycles. The molecule has 1 aromatic heterocycles. The van der Waals surface area contributed by atoms with E-state index in [1.807, 2.05) is 51.2 Å². The minimum absolute atomic E-state index is 0.744. The molecule has 2 bridgehead atoms. The Morgan fingerprint density at radius 2 is 1.39 bits per heavy atom. The van der Waals surface area contributed by atoms with E-state index in [2.05, 4.69) is 241 Å². The van der Waals surface area contributed by atoms with Gasteiger partial charge in [0.1, 0.15) is 5.82 Å². The van der Waals surface area contributed by atoms with Gasteiger partial charge in [-0.3, -0.25) is 4.90 Å². The predicted molar refractivity (Wildman–Crippen MR) is 341 cm³/mol. The molecule has 1 saturated heterocycles. The van der Waals surface area contributed by atoms with Crippen molar-refractivity contribution in [3.63, 3.8) is 0 Å². The van der Waals surface area contributed by atoms with Crippen LogP contribution in [0.3, 0.4) is 0 Å². The van der Waals surface area contributed by atoms with Crippen molar-refractivity contribution in [3.8, 4) is 0 Å². The highest BCUT2D eigenvalue weighted by Crippen LogP contribution is 2.45. The van der Waals surface area contributed by atoms with E-state index in [-0.39, 0.29) is 0 Å². The van der Waals surface area contributed by atoms with Crippen molar-refractivity contribution in [1.29, 1.82) is 0 Å². The first kappa shape index (κ1) is 57.9. The lowest BCUT2D eigenvalue weighted by atomic mass is 9.82. The number of hydrogen-bond acceptors (Lipinski definition) is 2. The molecule has 0 radical (unpaired) electrons. The SMILES string of the molecule is C=C\C=C/C1=C(C)/C(C)=C(/C=C\C=C/C)C(\C)=C/CC1=Cc1c(C)c(/C=C2/N3C(=C)/C=C\C=C/CC/C4=C(\C=C(/C3=C)N2C)c2ccccc2\C=C(\C=C/C=C\C)C(/C)=C4/C=C\C)n(C(=C)/C=C\C=C/C(=C)C(=C)C)c1C. The van der Waals surface area contributed by atoms with Crippen LogP contribution in [0.2, 0.25) is 0 Å². The van der Waals surface area contributed by atoms with E-state index in [0.717, 1.165) is 87.1 Å². The number of likely N-dealkylation sites (N-methyl/N-ethyl adjacent to an activating group) is 1. The third-order valence-electron chi connectivity index (χ3n) is 14.7. The van der Waals surface area contributed by atoms with Crippen molar-refractivity contribution in [1.82, 2.24) is 14.4 Å². The molecule has 2 aromatic rings. The summed E-state index contributed by atoms with van der Waals surface area (Å²) in [6.07, 6.45) is 58.4. The first-order valence-corrected chi connectivity index (χ1v) is 26.9. The second-order valence-electron chi connectivity index (χ2n) is 19.9. The van der Waals surface area contributed by atoms with Gasteiger partial charge in [0, 0.05) is 30.2 Å². The number of benzene rings is 1. The Balaban J connectivity index is 1.68. The third-order valence-corrected chi connectivity index (χ3v) is 14.7. The largest absolute Gasteiger partial charge is 0.329 e. The first-order chi connectivity index (χ1) is 37.0. The van der Waals surface area contributed by atoms with Gasteiger partial charge in [-0.25, -0.2) is 0 Å². The van der Waals surface area contributed by atoms with Crippen molar-refractivity contribution in [2.75, 3.05) is 7.05 Å². The van der Waals surface area contributed by atoms with E-state index in [0.29, 0.717) is 0 Å². The van der Waals surface area contributed by atoms with Crippen LogP contribution in [0.25, 0.3) is 29.5 Å². The molecule has 0 amide bonds. The molecule has 3 nitrogen and oxygen atoms in total. The highest BCUT2D eigenvalue weighted by atomic mass is 15.4. The molecule has 4 aliphatic rings. The number of fused-ring (bicyclic) bond motifs is 4. The molecule has 3 heteroatoms. The summed E-state index contributed by atoms with van der Waals surface area (Å²) in [5, 5.41) is 0. The summed E-state index contributed by atoms with van der Waals surface area (Å²) in [6.45, 7) is 48.2. The second-order valence-corrected chi connectivity index (χ2v) is 19.9. The molecule has 2 aliphatic heterocycles. The Morgan fingerprint density at radius 1 is 0.701 bits per heavy atom. The van der Waals surface area contributed by atoms with E-state index in [4.69, 9.17) is 19.7 Å². The normalized spacial score (nSPS) is 25.1. The fourth-order valence-electron chi connectivity index (χ4n) is 10.2. The zero-order valence-electron chi connectivity index (χ0n) is 48.0. The molecule has 0 unspecified atom stereocenters.